The molecule has 0 heterocycles. The van der Waals surface area contributed by atoms with Gasteiger partial charge >= 0.3 is 0 Å². The Morgan fingerprint density at radius 2 is 2.00 bits per heavy atom. The summed E-state index contributed by atoms with van der Waals surface area (Å²) in [6.07, 6.45) is 4.85. The minimum atomic E-state index is 0.0744. The molecule has 5 unspecified atom stereocenters. The lowest BCUT2D eigenvalue weighted by Gasteiger charge is -2.48. The van der Waals surface area contributed by atoms with Crippen molar-refractivity contribution in [1.29, 1.82) is 0 Å². The van der Waals surface area contributed by atoms with Gasteiger partial charge in [-0.05, 0) is 62.0 Å². The average molecular weight is 314 g/mol. The Hall–Kier alpha value is -0.930. The van der Waals surface area contributed by atoms with Crippen molar-refractivity contribution >= 4 is 17.2 Å². The van der Waals surface area contributed by atoms with Crippen LogP contribution in [0.5, 0.6) is 0 Å². The van der Waals surface area contributed by atoms with Crippen LogP contribution in [0, 0.1) is 17.3 Å². The molecule has 0 aromatic heterocycles. The molecule has 3 N–H and O–H groups in total. The maximum atomic E-state index is 6.31. The molecule has 2 nitrogen and oxygen atoms in total. The Labute approximate surface area is 138 Å². The summed E-state index contributed by atoms with van der Waals surface area (Å²) in [6, 6.07) is 11.1. The fourth-order valence-corrected chi connectivity index (χ4v) is 6.67. The molecule has 4 aliphatic rings. The first-order chi connectivity index (χ1) is 10.5. The predicted molar refractivity (Wildman–Crippen MR) is 94.9 cm³/mol. The second-order valence-corrected chi connectivity index (χ2v) is 8.46. The van der Waals surface area contributed by atoms with Crippen LogP contribution in [0.15, 0.2) is 30.3 Å². The van der Waals surface area contributed by atoms with Crippen molar-refractivity contribution in [2.75, 3.05) is 6.54 Å². The van der Waals surface area contributed by atoms with Gasteiger partial charge in [0.05, 0.1) is 4.99 Å². The first-order valence-corrected chi connectivity index (χ1v) is 8.98. The number of rotatable bonds is 4. The van der Waals surface area contributed by atoms with E-state index in [1.165, 1.54) is 24.8 Å². The molecule has 5 atom stereocenters. The number of hydrogen-bond acceptors (Lipinski definition) is 2. The summed E-state index contributed by atoms with van der Waals surface area (Å²) in [4.78, 5) is 0.765. The third-order valence-electron chi connectivity index (χ3n) is 7.17. The number of benzene rings is 1. The normalized spacial score (nSPS) is 45.4. The number of thiocarbonyl (C=S) groups is 1. The van der Waals surface area contributed by atoms with E-state index >= 15 is 0 Å². The lowest BCUT2D eigenvalue weighted by molar-refractivity contribution is 0.113. The van der Waals surface area contributed by atoms with Crippen LogP contribution in [0.2, 0.25) is 0 Å². The molecule has 0 saturated heterocycles. The van der Waals surface area contributed by atoms with Crippen LogP contribution >= 0.6 is 12.2 Å². The first-order valence-electron chi connectivity index (χ1n) is 8.57. The molecule has 1 aromatic rings. The third kappa shape index (κ3) is 1.62. The third-order valence-corrected chi connectivity index (χ3v) is 7.58. The van der Waals surface area contributed by atoms with E-state index in [1.807, 2.05) is 0 Å². The summed E-state index contributed by atoms with van der Waals surface area (Å²) in [6.45, 7) is 5.66. The van der Waals surface area contributed by atoms with Crippen LogP contribution in [0.4, 0.5) is 0 Å². The Morgan fingerprint density at radius 3 is 2.64 bits per heavy atom. The van der Waals surface area contributed by atoms with Crippen LogP contribution in [-0.2, 0) is 5.41 Å². The van der Waals surface area contributed by atoms with Crippen LogP contribution in [0.3, 0.4) is 0 Å². The molecular formula is C19H26N2S. The maximum Gasteiger partial charge on any atom is 0.0794 e. The molecule has 0 radical (unpaired) electrons. The monoisotopic (exact) mass is 314 g/mol. The second-order valence-electron chi connectivity index (χ2n) is 8.02. The van der Waals surface area contributed by atoms with Crippen molar-refractivity contribution in [1.82, 2.24) is 5.32 Å². The molecule has 4 fully saturated rings. The van der Waals surface area contributed by atoms with E-state index in [-0.39, 0.29) is 11.0 Å². The fourth-order valence-electron chi connectivity index (χ4n) is 6.37. The molecule has 4 bridgehead atoms. The van der Waals surface area contributed by atoms with Gasteiger partial charge in [0.15, 0.2) is 0 Å². The first kappa shape index (κ1) is 14.6. The second kappa shape index (κ2) is 4.55. The molecule has 0 aliphatic heterocycles. The molecular weight excluding hydrogens is 288 g/mol. The van der Waals surface area contributed by atoms with Gasteiger partial charge in [-0.3, -0.25) is 0 Å². The zero-order chi connectivity index (χ0) is 15.6. The van der Waals surface area contributed by atoms with Gasteiger partial charge in [0.2, 0.25) is 0 Å². The lowest BCUT2D eigenvalue weighted by Crippen LogP contribution is -2.55. The molecule has 1 aromatic carbocycles. The zero-order valence-corrected chi connectivity index (χ0v) is 14.4. The van der Waals surface area contributed by atoms with Gasteiger partial charge in [-0.15, -0.1) is 0 Å². The molecule has 4 saturated carbocycles. The van der Waals surface area contributed by atoms with Crippen molar-refractivity contribution in [2.24, 2.45) is 23.0 Å². The van der Waals surface area contributed by atoms with Gasteiger partial charge in [-0.25, -0.2) is 0 Å². The summed E-state index contributed by atoms with van der Waals surface area (Å²) in [5.74, 6) is 1.26. The standard InChI is InChI=1S/C19H26N2S/c1-3-21-17(2)14-9-18(13-7-5-4-6-8-13)11-15(17)19(10-14,12-18)16(20)22/h4-8,14-15,21H,3,9-12H2,1-2H3,(H2,20,22). The van der Waals surface area contributed by atoms with Crippen molar-refractivity contribution in [3.63, 3.8) is 0 Å². The van der Waals surface area contributed by atoms with Crippen LogP contribution in [0.25, 0.3) is 0 Å². The summed E-state index contributed by atoms with van der Waals surface area (Å²) in [5, 5.41) is 3.81. The SMILES string of the molecule is CCNC1(C)C2CC3(c4ccccc4)CC1C(C(N)=S)(C2)C3. The van der Waals surface area contributed by atoms with E-state index in [9.17, 15) is 0 Å². The van der Waals surface area contributed by atoms with Crippen molar-refractivity contribution < 1.29 is 0 Å². The summed E-state index contributed by atoms with van der Waals surface area (Å²) in [7, 11) is 0. The summed E-state index contributed by atoms with van der Waals surface area (Å²) in [5.41, 5.74) is 8.39. The molecule has 4 aliphatic carbocycles. The molecule has 0 spiro atoms. The van der Waals surface area contributed by atoms with Gasteiger partial charge < -0.3 is 11.1 Å². The van der Waals surface area contributed by atoms with E-state index < -0.39 is 0 Å². The maximum absolute atomic E-state index is 6.31. The summed E-state index contributed by atoms with van der Waals surface area (Å²) < 4.78 is 0. The Balaban J connectivity index is 1.81. The van der Waals surface area contributed by atoms with Crippen molar-refractivity contribution in [3.8, 4) is 0 Å². The minimum absolute atomic E-state index is 0.0744. The van der Waals surface area contributed by atoms with Crippen molar-refractivity contribution in [2.45, 2.75) is 50.5 Å². The van der Waals surface area contributed by atoms with Gasteiger partial charge in [-0.2, -0.15) is 0 Å². The minimum Gasteiger partial charge on any atom is -0.393 e. The van der Waals surface area contributed by atoms with E-state index in [4.69, 9.17) is 18.0 Å². The van der Waals surface area contributed by atoms with Crippen LogP contribution in [-0.4, -0.2) is 17.1 Å². The highest BCUT2D eigenvalue weighted by molar-refractivity contribution is 7.80. The molecule has 118 valence electrons. The fraction of sp³-hybridized carbons (Fsp3) is 0.632. The number of hydrogen-bond donors (Lipinski definition) is 2. The van der Waals surface area contributed by atoms with E-state index in [2.05, 4.69) is 49.5 Å². The molecule has 0 amide bonds. The van der Waals surface area contributed by atoms with E-state index in [0.29, 0.717) is 17.3 Å². The Morgan fingerprint density at radius 1 is 1.27 bits per heavy atom. The average Bonchev–Trinajstić information content (AvgIpc) is 2.86. The molecule has 3 heteroatoms. The quantitative estimate of drug-likeness (QED) is 0.837. The Kier molecular flexibility index (Phi) is 3.03. The number of nitrogens with two attached hydrogens (primary N) is 1. The highest BCUT2D eigenvalue weighted by Crippen LogP contribution is 2.73. The topological polar surface area (TPSA) is 38.0 Å². The van der Waals surface area contributed by atoms with Crippen LogP contribution < -0.4 is 11.1 Å². The number of nitrogens with one attached hydrogen (secondary N) is 1. The Bertz CT molecular complexity index is 615. The van der Waals surface area contributed by atoms with Gasteiger partial charge in [0, 0.05) is 11.0 Å². The van der Waals surface area contributed by atoms with Gasteiger partial charge in [-0.1, -0.05) is 49.5 Å². The van der Waals surface area contributed by atoms with Gasteiger partial charge in [0.25, 0.3) is 0 Å². The molecule has 22 heavy (non-hydrogen) atoms. The van der Waals surface area contributed by atoms with E-state index in [1.54, 1.807) is 0 Å². The predicted octanol–water partition coefficient (Wildman–Crippen LogP) is 3.40. The lowest BCUT2D eigenvalue weighted by atomic mass is 9.60. The molecule has 5 rings (SSSR count). The summed E-state index contributed by atoms with van der Waals surface area (Å²) >= 11 is 5.59. The zero-order valence-electron chi connectivity index (χ0n) is 13.6. The van der Waals surface area contributed by atoms with Gasteiger partial charge in [0.1, 0.15) is 0 Å². The smallest absolute Gasteiger partial charge is 0.0794 e. The largest absolute Gasteiger partial charge is 0.393 e. The van der Waals surface area contributed by atoms with Crippen LogP contribution in [0.1, 0.15) is 45.1 Å². The highest BCUT2D eigenvalue weighted by atomic mass is 32.1. The van der Waals surface area contributed by atoms with Crippen molar-refractivity contribution in [3.05, 3.63) is 35.9 Å². The highest BCUT2D eigenvalue weighted by Gasteiger charge is 2.72. The van der Waals surface area contributed by atoms with E-state index in [0.717, 1.165) is 18.0 Å².